The van der Waals surface area contributed by atoms with Crippen molar-refractivity contribution in [3.8, 4) is 0 Å². The van der Waals surface area contributed by atoms with Gasteiger partial charge in [0.1, 0.15) is 6.04 Å². The molecule has 5 nitrogen and oxygen atoms in total. The van der Waals surface area contributed by atoms with Crippen molar-refractivity contribution in [2.24, 2.45) is 0 Å². The van der Waals surface area contributed by atoms with Gasteiger partial charge in [0.25, 0.3) is 0 Å². The maximum absolute atomic E-state index is 10.9. The number of hydrogen-bond acceptors (Lipinski definition) is 3. The first-order valence-electron chi connectivity index (χ1n) is 5.28. The van der Waals surface area contributed by atoms with Crippen LogP contribution < -0.4 is 10.6 Å². The lowest BCUT2D eigenvalue weighted by atomic mass is 10.1. The van der Waals surface area contributed by atoms with Crippen LogP contribution in [-0.4, -0.2) is 36.6 Å². The van der Waals surface area contributed by atoms with E-state index in [-0.39, 0.29) is 5.91 Å². The van der Waals surface area contributed by atoms with Crippen LogP contribution in [0.1, 0.15) is 32.6 Å². The number of nitrogens with one attached hydrogen (secondary N) is 2. The zero-order valence-electron chi connectivity index (χ0n) is 9.38. The van der Waals surface area contributed by atoms with Gasteiger partial charge in [0.05, 0.1) is 0 Å². The highest BCUT2D eigenvalue weighted by Crippen LogP contribution is 2.00. The Labute approximate surface area is 90.2 Å². The second-order valence-electron chi connectivity index (χ2n) is 3.38. The molecule has 0 bridgehead atoms. The molecule has 0 radical (unpaired) electrons. The fourth-order valence-electron chi connectivity index (χ4n) is 1.22. The highest BCUT2D eigenvalue weighted by molar-refractivity contribution is 5.75. The number of aliphatic carboxylic acids is 1. The van der Waals surface area contributed by atoms with E-state index in [9.17, 15) is 9.59 Å². The van der Waals surface area contributed by atoms with Crippen LogP contribution in [0.4, 0.5) is 0 Å². The van der Waals surface area contributed by atoms with Gasteiger partial charge in [-0.1, -0.05) is 6.92 Å². The van der Waals surface area contributed by atoms with Crippen molar-refractivity contribution >= 4 is 11.9 Å². The molecule has 0 heterocycles. The van der Waals surface area contributed by atoms with Crippen molar-refractivity contribution in [1.29, 1.82) is 0 Å². The molecule has 0 fully saturated rings. The summed E-state index contributed by atoms with van der Waals surface area (Å²) < 4.78 is 0. The van der Waals surface area contributed by atoms with Gasteiger partial charge in [-0.25, -0.2) is 0 Å². The minimum atomic E-state index is -0.824. The van der Waals surface area contributed by atoms with E-state index < -0.39 is 12.0 Å². The van der Waals surface area contributed by atoms with E-state index >= 15 is 0 Å². The Morgan fingerprint density at radius 2 is 2.00 bits per heavy atom. The first-order valence-corrected chi connectivity index (χ1v) is 5.28. The zero-order valence-corrected chi connectivity index (χ0v) is 9.38. The summed E-state index contributed by atoms with van der Waals surface area (Å²) >= 11 is 0. The highest BCUT2D eigenvalue weighted by Gasteiger charge is 2.13. The Morgan fingerprint density at radius 1 is 1.33 bits per heavy atom. The van der Waals surface area contributed by atoms with E-state index in [4.69, 9.17) is 5.11 Å². The molecular formula is C10H20N2O3. The SMILES string of the molecule is CCC(=O)NCCCC[C@H](NC)C(=O)O. The Hall–Kier alpha value is -1.10. The van der Waals surface area contributed by atoms with Crippen molar-refractivity contribution in [3.63, 3.8) is 0 Å². The summed E-state index contributed by atoms with van der Waals surface area (Å²) in [5.74, 6) is -0.784. The summed E-state index contributed by atoms with van der Waals surface area (Å²) in [6.45, 7) is 2.43. The van der Waals surface area contributed by atoms with Crippen LogP contribution in [-0.2, 0) is 9.59 Å². The maximum Gasteiger partial charge on any atom is 0.320 e. The minimum Gasteiger partial charge on any atom is -0.480 e. The third-order valence-corrected chi connectivity index (χ3v) is 2.21. The lowest BCUT2D eigenvalue weighted by Gasteiger charge is -2.10. The molecule has 15 heavy (non-hydrogen) atoms. The quantitative estimate of drug-likeness (QED) is 0.512. The lowest BCUT2D eigenvalue weighted by Crippen LogP contribution is -2.33. The molecule has 0 saturated carbocycles. The van der Waals surface area contributed by atoms with Crippen molar-refractivity contribution in [3.05, 3.63) is 0 Å². The van der Waals surface area contributed by atoms with Gasteiger partial charge in [0.15, 0.2) is 0 Å². The number of carbonyl (C=O) groups is 2. The number of carbonyl (C=O) groups excluding carboxylic acids is 1. The molecule has 0 rings (SSSR count). The van der Waals surface area contributed by atoms with Gasteiger partial charge in [-0.3, -0.25) is 9.59 Å². The Morgan fingerprint density at radius 3 is 2.47 bits per heavy atom. The molecule has 0 saturated heterocycles. The fourth-order valence-corrected chi connectivity index (χ4v) is 1.22. The maximum atomic E-state index is 10.9. The summed E-state index contributed by atoms with van der Waals surface area (Å²) in [4.78, 5) is 21.5. The van der Waals surface area contributed by atoms with Gasteiger partial charge in [-0.2, -0.15) is 0 Å². The molecule has 0 aromatic rings. The van der Waals surface area contributed by atoms with Crippen LogP contribution in [0.3, 0.4) is 0 Å². The predicted molar refractivity (Wildman–Crippen MR) is 57.6 cm³/mol. The van der Waals surface area contributed by atoms with Crippen LogP contribution >= 0.6 is 0 Å². The van der Waals surface area contributed by atoms with Gasteiger partial charge >= 0.3 is 5.97 Å². The number of carboxylic acid groups (broad SMARTS) is 1. The number of hydrogen-bond donors (Lipinski definition) is 3. The Kier molecular flexibility index (Phi) is 7.62. The predicted octanol–water partition coefficient (Wildman–Crippen LogP) is 0.356. The molecule has 0 aliphatic rings. The summed E-state index contributed by atoms with van der Waals surface area (Å²) in [5, 5.41) is 14.2. The summed E-state index contributed by atoms with van der Waals surface area (Å²) in [6.07, 6.45) is 2.70. The molecule has 0 aromatic carbocycles. The molecule has 0 aromatic heterocycles. The molecule has 88 valence electrons. The van der Waals surface area contributed by atoms with Crippen molar-refractivity contribution in [2.75, 3.05) is 13.6 Å². The van der Waals surface area contributed by atoms with Crippen LogP contribution in [0, 0.1) is 0 Å². The second kappa shape index (κ2) is 8.23. The highest BCUT2D eigenvalue weighted by atomic mass is 16.4. The van der Waals surface area contributed by atoms with Crippen LogP contribution in [0.5, 0.6) is 0 Å². The first kappa shape index (κ1) is 13.9. The van der Waals surface area contributed by atoms with E-state index in [1.807, 2.05) is 0 Å². The topological polar surface area (TPSA) is 78.4 Å². The van der Waals surface area contributed by atoms with Crippen molar-refractivity contribution in [2.45, 2.75) is 38.6 Å². The average Bonchev–Trinajstić information content (AvgIpc) is 2.22. The van der Waals surface area contributed by atoms with E-state index in [1.54, 1.807) is 14.0 Å². The summed E-state index contributed by atoms with van der Waals surface area (Å²) in [6, 6.07) is -0.480. The molecule has 5 heteroatoms. The number of rotatable bonds is 8. The Bertz CT molecular complexity index is 207. The molecule has 1 amide bonds. The van der Waals surface area contributed by atoms with E-state index in [0.717, 1.165) is 12.8 Å². The van der Waals surface area contributed by atoms with Gasteiger partial charge in [0.2, 0.25) is 5.91 Å². The van der Waals surface area contributed by atoms with E-state index in [0.29, 0.717) is 19.4 Å². The van der Waals surface area contributed by atoms with Crippen molar-refractivity contribution < 1.29 is 14.7 Å². The fraction of sp³-hybridized carbons (Fsp3) is 0.800. The third-order valence-electron chi connectivity index (χ3n) is 2.21. The number of amides is 1. The molecule has 1 atom stereocenters. The molecular weight excluding hydrogens is 196 g/mol. The number of unbranched alkanes of at least 4 members (excludes halogenated alkanes) is 1. The largest absolute Gasteiger partial charge is 0.480 e. The van der Waals surface area contributed by atoms with Crippen molar-refractivity contribution in [1.82, 2.24) is 10.6 Å². The van der Waals surface area contributed by atoms with Crippen LogP contribution in [0.25, 0.3) is 0 Å². The average molecular weight is 216 g/mol. The molecule has 3 N–H and O–H groups in total. The standard InChI is InChI=1S/C10H20N2O3/c1-3-9(13)12-7-5-4-6-8(11-2)10(14)15/h8,11H,3-7H2,1-2H3,(H,12,13)(H,14,15)/t8-/m0/s1. The van der Waals surface area contributed by atoms with E-state index in [2.05, 4.69) is 10.6 Å². The summed E-state index contributed by atoms with van der Waals surface area (Å²) in [7, 11) is 1.64. The zero-order chi connectivity index (χ0) is 11.7. The van der Waals surface area contributed by atoms with Gasteiger partial charge in [-0.05, 0) is 26.3 Å². The molecule has 0 aliphatic carbocycles. The van der Waals surface area contributed by atoms with Gasteiger partial charge in [0, 0.05) is 13.0 Å². The van der Waals surface area contributed by atoms with Crippen LogP contribution in [0.2, 0.25) is 0 Å². The lowest BCUT2D eigenvalue weighted by molar-refractivity contribution is -0.139. The number of likely N-dealkylation sites (N-methyl/N-ethyl adjacent to an activating group) is 1. The monoisotopic (exact) mass is 216 g/mol. The van der Waals surface area contributed by atoms with E-state index in [1.165, 1.54) is 0 Å². The van der Waals surface area contributed by atoms with Gasteiger partial charge < -0.3 is 15.7 Å². The number of carboxylic acids is 1. The molecule has 0 aliphatic heterocycles. The molecule has 0 unspecified atom stereocenters. The van der Waals surface area contributed by atoms with Gasteiger partial charge in [-0.15, -0.1) is 0 Å². The second-order valence-corrected chi connectivity index (χ2v) is 3.38. The third kappa shape index (κ3) is 6.90. The molecule has 0 spiro atoms. The minimum absolute atomic E-state index is 0.0402. The normalized spacial score (nSPS) is 12.1. The van der Waals surface area contributed by atoms with Crippen LogP contribution in [0.15, 0.2) is 0 Å². The Balaban J connectivity index is 3.45. The summed E-state index contributed by atoms with van der Waals surface area (Å²) in [5.41, 5.74) is 0. The smallest absolute Gasteiger partial charge is 0.320 e. The first-order chi connectivity index (χ1) is 7.11.